The molecule has 0 amide bonds. The van der Waals surface area contributed by atoms with Crippen LogP contribution in [0.1, 0.15) is 17.4 Å². The molecule has 0 saturated carbocycles. The average molecular weight is 189 g/mol. The number of nitrogens with zero attached hydrogens (tertiary/aromatic N) is 2. The summed E-state index contributed by atoms with van der Waals surface area (Å²) >= 11 is 5.61. The van der Waals surface area contributed by atoms with E-state index in [4.69, 9.17) is 11.6 Å². The molecule has 1 heterocycles. The fourth-order valence-electron chi connectivity index (χ4n) is 0.895. The third-order valence-corrected chi connectivity index (χ3v) is 1.63. The number of aryl methyl sites for hydroxylation is 1. The van der Waals surface area contributed by atoms with E-state index in [2.05, 4.69) is 9.84 Å². The summed E-state index contributed by atoms with van der Waals surface area (Å²) in [5.74, 6) is -0.420. The highest BCUT2D eigenvalue weighted by Crippen LogP contribution is 2.10. The van der Waals surface area contributed by atoms with Gasteiger partial charge in [-0.15, -0.1) is 0 Å². The molecule has 66 valence electrons. The van der Waals surface area contributed by atoms with Crippen LogP contribution in [-0.2, 0) is 11.3 Å². The van der Waals surface area contributed by atoms with E-state index in [9.17, 15) is 4.79 Å². The molecule has 1 aromatic heterocycles. The summed E-state index contributed by atoms with van der Waals surface area (Å²) in [5.41, 5.74) is 0.380. The van der Waals surface area contributed by atoms with Gasteiger partial charge in [0, 0.05) is 12.6 Å². The molecular formula is C7H9ClN2O2. The van der Waals surface area contributed by atoms with Crippen LogP contribution in [0.15, 0.2) is 6.07 Å². The summed E-state index contributed by atoms with van der Waals surface area (Å²) in [6.07, 6.45) is 0. The van der Waals surface area contributed by atoms with Gasteiger partial charge in [0.15, 0.2) is 5.15 Å². The molecule has 1 aromatic rings. The van der Waals surface area contributed by atoms with E-state index in [1.807, 2.05) is 6.92 Å². The Balaban J connectivity index is 3.04. The van der Waals surface area contributed by atoms with E-state index < -0.39 is 5.97 Å². The van der Waals surface area contributed by atoms with Crippen molar-refractivity contribution >= 4 is 17.6 Å². The zero-order valence-corrected chi connectivity index (χ0v) is 7.63. The lowest BCUT2D eigenvalue weighted by molar-refractivity contribution is 0.0587. The van der Waals surface area contributed by atoms with Crippen molar-refractivity contribution in [2.24, 2.45) is 0 Å². The predicted molar refractivity (Wildman–Crippen MR) is 44.3 cm³/mol. The highest BCUT2D eigenvalue weighted by Gasteiger charge is 2.13. The van der Waals surface area contributed by atoms with Gasteiger partial charge in [-0.25, -0.2) is 4.79 Å². The van der Waals surface area contributed by atoms with E-state index in [0.29, 0.717) is 17.4 Å². The number of carbonyl (C=O) groups is 1. The Labute approximate surface area is 75.1 Å². The number of esters is 1. The lowest BCUT2D eigenvalue weighted by Crippen LogP contribution is -2.10. The number of ether oxygens (including phenoxy) is 1. The third-order valence-electron chi connectivity index (χ3n) is 1.44. The molecule has 0 spiro atoms. The van der Waals surface area contributed by atoms with Crippen LogP contribution in [0.5, 0.6) is 0 Å². The quantitative estimate of drug-likeness (QED) is 0.658. The first-order valence-electron chi connectivity index (χ1n) is 3.50. The van der Waals surface area contributed by atoms with Gasteiger partial charge < -0.3 is 4.74 Å². The van der Waals surface area contributed by atoms with Gasteiger partial charge in [0.05, 0.1) is 7.11 Å². The Morgan fingerprint density at radius 1 is 1.83 bits per heavy atom. The minimum atomic E-state index is -0.420. The third kappa shape index (κ3) is 1.58. The highest BCUT2D eigenvalue weighted by atomic mass is 35.5. The van der Waals surface area contributed by atoms with Crippen LogP contribution in [0.25, 0.3) is 0 Å². The number of aromatic nitrogens is 2. The molecule has 0 radical (unpaired) electrons. The van der Waals surface area contributed by atoms with Crippen LogP contribution in [0.2, 0.25) is 5.15 Å². The van der Waals surface area contributed by atoms with Crippen molar-refractivity contribution < 1.29 is 9.53 Å². The molecule has 0 saturated heterocycles. The van der Waals surface area contributed by atoms with Gasteiger partial charge in [-0.3, -0.25) is 4.68 Å². The Morgan fingerprint density at radius 2 is 2.50 bits per heavy atom. The maximum atomic E-state index is 11.1. The minimum absolute atomic E-state index is 0.303. The van der Waals surface area contributed by atoms with E-state index in [1.54, 1.807) is 0 Å². The van der Waals surface area contributed by atoms with E-state index in [1.165, 1.54) is 17.9 Å². The maximum absolute atomic E-state index is 11.1. The van der Waals surface area contributed by atoms with Gasteiger partial charge in [-0.05, 0) is 6.92 Å². The van der Waals surface area contributed by atoms with Crippen LogP contribution in [0.3, 0.4) is 0 Å². The molecule has 0 aliphatic rings. The molecule has 0 atom stereocenters. The van der Waals surface area contributed by atoms with Crippen molar-refractivity contribution in [2.45, 2.75) is 13.5 Å². The molecule has 4 nitrogen and oxygen atoms in total. The second-order valence-corrected chi connectivity index (χ2v) is 2.55. The van der Waals surface area contributed by atoms with Gasteiger partial charge in [0.2, 0.25) is 0 Å². The first-order chi connectivity index (χ1) is 5.69. The molecule has 0 aromatic carbocycles. The second-order valence-electron chi connectivity index (χ2n) is 2.16. The fraction of sp³-hybridized carbons (Fsp3) is 0.429. The van der Waals surface area contributed by atoms with Crippen LogP contribution >= 0.6 is 11.6 Å². The first-order valence-corrected chi connectivity index (χ1v) is 3.88. The van der Waals surface area contributed by atoms with Crippen molar-refractivity contribution in [3.8, 4) is 0 Å². The van der Waals surface area contributed by atoms with Crippen molar-refractivity contribution in [3.63, 3.8) is 0 Å². The summed E-state index contributed by atoms with van der Waals surface area (Å²) < 4.78 is 6.03. The Bertz CT molecular complexity index is 296. The average Bonchev–Trinajstić information content (AvgIpc) is 2.45. The van der Waals surface area contributed by atoms with Gasteiger partial charge in [0.25, 0.3) is 0 Å². The smallest absolute Gasteiger partial charge is 0.356 e. The largest absolute Gasteiger partial charge is 0.464 e. The van der Waals surface area contributed by atoms with Gasteiger partial charge in [-0.1, -0.05) is 11.6 Å². The van der Waals surface area contributed by atoms with Crippen LogP contribution in [0.4, 0.5) is 0 Å². The molecule has 5 heteroatoms. The number of rotatable bonds is 2. The molecule has 12 heavy (non-hydrogen) atoms. The SMILES string of the molecule is CCn1nc(Cl)cc1C(=O)OC. The lowest BCUT2D eigenvalue weighted by atomic mass is 10.4. The Kier molecular flexibility index (Phi) is 2.70. The molecule has 0 unspecified atom stereocenters. The molecular weight excluding hydrogens is 180 g/mol. The highest BCUT2D eigenvalue weighted by molar-refractivity contribution is 6.29. The molecule has 0 bridgehead atoms. The van der Waals surface area contributed by atoms with Crippen molar-refractivity contribution in [1.82, 2.24) is 9.78 Å². The van der Waals surface area contributed by atoms with E-state index in [-0.39, 0.29) is 0 Å². The number of hydrogen-bond acceptors (Lipinski definition) is 3. The molecule has 0 aliphatic carbocycles. The lowest BCUT2D eigenvalue weighted by Gasteiger charge is -2.00. The molecule has 0 fully saturated rings. The Hall–Kier alpha value is -1.03. The van der Waals surface area contributed by atoms with Crippen LogP contribution in [0, 0.1) is 0 Å². The van der Waals surface area contributed by atoms with Crippen LogP contribution < -0.4 is 0 Å². The summed E-state index contributed by atoms with van der Waals surface area (Å²) in [6, 6.07) is 1.48. The topological polar surface area (TPSA) is 44.1 Å². The summed E-state index contributed by atoms with van der Waals surface area (Å²) in [4.78, 5) is 11.1. The fourth-order valence-corrected chi connectivity index (χ4v) is 1.09. The van der Waals surface area contributed by atoms with Crippen LogP contribution in [-0.4, -0.2) is 22.9 Å². The standard InChI is InChI=1S/C7H9ClN2O2/c1-3-10-5(7(11)12-2)4-6(8)9-10/h4H,3H2,1-2H3. The molecule has 0 aliphatic heterocycles. The number of carbonyl (C=O) groups excluding carboxylic acids is 1. The second kappa shape index (κ2) is 3.58. The zero-order valence-electron chi connectivity index (χ0n) is 6.87. The zero-order chi connectivity index (χ0) is 9.14. The summed E-state index contributed by atoms with van der Waals surface area (Å²) in [5, 5.41) is 4.18. The van der Waals surface area contributed by atoms with E-state index in [0.717, 1.165) is 0 Å². The normalized spacial score (nSPS) is 9.92. The number of halogens is 1. The first kappa shape index (κ1) is 9.06. The van der Waals surface area contributed by atoms with Gasteiger partial charge in [0.1, 0.15) is 5.69 Å². The number of hydrogen-bond donors (Lipinski definition) is 0. The molecule has 0 N–H and O–H groups in total. The minimum Gasteiger partial charge on any atom is -0.464 e. The molecule has 1 rings (SSSR count). The van der Waals surface area contributed by atoms with Crippen molar-refractivity contribution in [3.05, 3.63) is 16.9 Å². The van der Waals surface area contributed by atoms with Gasteiger partial charge in [-0.2, -0.15) is 5.10 Å². The summed E-state index contributed by atoms with van der Waals surface area (Å²) in [7, 11) is 1.32. The van der Waals surface area contributed by atoms with E-state index >= 15 is 0 Å². The van der Waals surface area contributed by atoms with Crippen molar-refractivity contribution in [2.75, 3.05) is 7.11 Å². The monoisotopic (exact) mass is 188 g/mol. The maximum Gasteiger partial charge on any atom is 0.356 e. The predicted octanol–water partition coefficient (Wildman–Crippen LogP) is 1.34. The Morgan fingerprint density at radius 3 is 3.00 bits per heavy atom. The summed E-state index contributed by atoms with van der Waals surface area (Å²) in [6.45, 7) is 2.47. The van der Waals surface area contributed by atoms with Crippen molar-refractivity contribution in [1.29, 1.82) is 0 Å². The van der Waals surface area contributed by atoms with Gasteiger partial charge >= 0.3 is 5.97 Å². The number of methoxy groups -OCH3 is 1.